The standard InChI is InChI=1S/C9H15ClN4O2/c1-16-5-6(15)2-3-12-8-7(10)4-13-9(11)14-8/h4,6,15H,2-3,5H2,1H3,(H3,11,12,13,14). The molecule has 90 valence electrons. The summed E-state index contributed by atoms with van der Waals surface area (Å²) in [6, 6.07) is 0. The molecule has 0 aliphatic carbocycles. The van der Waals surface area contributed by atoms with Crippen LogP contribution in [0.1, 0.15) is 6.42 Å². The van der Waals surface area contributed by atoms with Crippen LogP contribution in [0.2, 0.25) is 5.02 Å². The molecular formula is C9H15ClN4O2. The Morgan fingerprint density at radius 1 is 1.69 bits per heavy atom. The Kier molecular flexibility index (Phi) is 5.24. The van der Waals surface area contributed by atoms with Crippen LogP contribution >= 0.6 is 11.6 Å². The van der Waals surface area contributed by atoms with Gasteiger partial charge in [-0.3, -0.25) is 0 Å². The number of hydrogen-bond acceptors (Lipinski definition) is 6. The van der Waals surface area contributed by atoms with Crippen molar-refractivity contribution in [1.82, 2.24) is 9.97 Å². The number of nitrogens with two attached hydrogens (primary N) is 1. The van der Waals surface area contributed by atoms with E-state index in [4.69, 9.17) is 22.1 Å². The van der Waals surface area contributed by atoms with Gasteiger partial charge in [0, 0.05) is 13.7 Å². The molecule has 0 fully saturated rings. The zero-order valence-electron chi connectivity index (χ0n) is 8.98. The van der Waals surface area contributed by atoms with E-state index in [0.29, 0.717) is 30.4 Å². The average Bonchev–Trinajstić information content (AvgIpc) is 2.23. The number of aliphatic hydroxyl groups is 1. The number of halogens is 1. The molecule has 16 heavy (non-hydrogen) atoms. The van der Waals surface area contributed by atoms with Gasteiger partial charge in [-0.1, -0.05) is 11.6 Å². The zero-order chi connectivity index (χ0) is 12.0. The smallest absolute Gasteiger partial charge is 0.222 e. The van der Waals surface area contributed by atoms with Gasteiger partial charge < -0.3 is 20.9 Å². The van der Waals surface area contributed by atoms with Crippen molar-refractivity contribution in [2.24, 2.45) is 0 Å². The van der Waals surface area contributed by atoms with Crippen LogP contribution in [-0.2, 0) is 4.74 Å². The van der Waals surface area contributed by atoms with E-state index in [1.54, 1.807) is 7.11 Å². The number of methoxy groups -OCH3 is 1. The van der Waals surface area contributed by atoms with Gasteiger partial charge in [0.15, 0.2) is 0 Å². The van der Waals surface area contributed by atoms with Crippen LogP contribution in [0.5, 0.6) is 0 Å². The number of anilines is 2. The van der Waals surface area contributed by atoms with Crippen LogP contribution in [0.3, 0.4) is 0 Å². The Morgan fingerprint density at radius 2 is 2.44 bits per heavy atom. The Bertz CT molecular complexity index is 337. The Hall–Kier alpha value is -1.11. The highest BCUT2D eigenvalue weighted by atomic mass is 35.5. The first-order valence-electron chi connectivity index (χ1n) is 4.82. The number of nitrogen functional groups attached to an aromatic ring is 1. The minimum Gasteiger partial charge on any atom is -0.391 e. The summed E-state index contributed by atoms with van der Waals surface area (Å²) in [5, 5.41) is 12.8. The van der Waals surface area contributed by atoms with E-state index in [2.05, 4.69) is 15.3 Å². The van der Waals surface area contributed by atoms with Gasteiger partial charge >= 0.3 is 0 Å². The van der Waals surface area contributed by atoms with Crippen LogP contribution in [0, 0.1) is 0 Å². The number of ether oxygens (including phenoxy) is 1. The van der Waals surface area contributed by atoms with Crippen LogP contribution in [0.4, 0.5) is 11.8 Å². The summed E-state index contributed by atoms with van der Waals surface area (Å²) in [5.74, 6) is 0.628. The molecule has 0 spiro atoms. The second-order valence-corrected chi connectivity index (χ2v) is 3.66. The third kappa shape index (κ3) is 4.18. The van der Waals surface area contributed by atoms with Gasteiger partial charge in [0.2, 0.25) is 5.95 Å². The third-order valence-corrected chi connectivity index (χ3v) is 2.17. The van der Waals surface area contributed by atoms with Crippen molar-refractivity contribution in [3.63, 3.8) is 0 Å². The number of hydrogen-bond donors (Lipinski definition) is 3. The summed E-state index contributed by atoms with van der Waals surface area (Å²) in [7, 11) is 1.54. The maximum absolute atomic E-state index is 9.40. The van der Waals surface area contributed by atoms with E-state index in [1.165, 1.54) is 6.20 Å². The number of aliphatic hydroxyl groups excluding tert-OH is 1. The first kappa shape index (κ1) is 13.0. The van der Waals surface area contributed by atoms with Gasteiger partial charge in [-0.15, -0.1) is 0 Å². The van der Waals surface area contributed by atoms with Gasteiger partial charge in [0.25, 0.3) is 0 Å². The molecule has 4 N–H and O–H groups in total. The van der Waals surface area contributed by atoms with Crippen molar-refractivity contribution in [2.75, 3.05) is 31.3 Å². The highest BCUT2D eigenvalue weighted by Gasteiger charge is 2.05. The fourth-order valence-corrected chi connectivity index (χ4v) is 1.30. The maximum atomic E-state index is 9.40. The molecule has 1 heterocycles. The first-order valence-corrected chi connectivity index (χ1v) is 5.20. The van der Waals surface area contributed by atoms with Crippen molar-refractivity contribution in [3.8, 4) is 0 Å². The van der Waals surface area contributed by atoms with Crippen LogP contribution in [0.25, 0.3) is 0 Å². The molecule has 7 heteroatoms. The molecule has 1 aromatic heterocycles. The predicted octanol–water partition coefficient (Wildman–Crippen LogP) is 0.522. The van der Waals surface area contributed by atoms with Crippen molar-refractivity contribution in [1.29, 1.82) is 0 Å². The molecule has 0 radical (unpaired) electrons. The SMILES string of the molecule is COCC(O)CCNc1nc(N)ncc1Cl. The minimum atomic E-state index is -0.504. The van der Waals surface area contributed by atoms with Gasteiger partial charge in [-0.05, 0) is 6.42 Å². The van der Waals surface area contributed by atoms with Gasteiger partial charge in [-0.25, -0.2) is 4.98 Å². The monoisotopic (exact) mass is 246 g/mol. The molecule has 1 unspecified atom stereocenters. The molecule has 0 saturated heterocycles. The summed E-state index contributed by atoms with van der Waals surface area (Å²) in [4.78, 5) is 7.66. The van der Waals surface area contributed by atoms with Gasteiger partial charge in [-0.2, -0.15) is 4.98 Å². The lowest BCUT2D eigenvalue weighted by atomic mass is 10.2. The van der Waals surface area contributed by atoms with Crippen molar-refractivity contribution >= 4 is 23.4 Å². The lowest BCUT2D eigenvalue weighted by Gasteiger charge is -2.11. The summed E-state index contributed by atoms with van der Waals surface area (Å²) < 4.78 is 4.80. The highest BCUT2D eigenvalue weighted by molar-refractivity contribution is 6.32. The van der Waals surface area contributed by atoms with E-state index in [1.807, 2.05) is 0 Å². The van der Waals surface area contributed by atoms with E-state index in [-0.39, 0.29) is 5.95 Å². The van der Waals surface area contributed by atoms with Crippen molar-refractivity contribution in [3.05, 3.63) is 11.2 Å². The lowest BCUT2D eigenvalue weighted by Crippen LogP contribution is -2.18. The predicted molar refractivity (Wildman–Crippen MR) is 62.4 cm³/mol. The summed E-state index contributed by atoms with van der Waals surface area (Å²) in [5.41, 5.74) is 5.42. The fraction of sp³-hybridized carbons (Fsp3) is 0.556. The molecular weight excluding hydrogens is 232 g/mol. The number of rotatable bonds is 6. The van der Waals surface area contributed by atoms with Crippen LogP contribution < -0.4 is 11.1 Å². The molecule has 0 aromatic carbocycles. The Labute approximate surface area is 98.8 Å². The van der Waals surface area contributed by atoms with E-state index in [9.17, 15) is 5.11 Å². The lowest BCUT2D eigenvalue weighted by molar-refractivity contribution is 0.0615. The molecule has 0 aliphatic heterocycles. The van der Waals surface area contributed by atoms with Crippen molar-refractivity contribution in [2.45, 2.75) is 12.5 Å². The van der Waals surface area contributed by atoms with E-state index >= 15 is 0 Å². The zero-order valence-corrected chi connectivity index (χ0v) is 9.74. The van der Waals surface area contributed by atoms with Crippen LogP contribution in [0.15, 0.2) is 6.20 Å². The molecule has 0 aliphatic rings. The summed E-state index contributed by atoms with van der Waals surface area (Å²) in [6.45, 7) is 0.835. The average molecular weight is 247 g/mol. The van der Waals surface area contributed by atoms with E-state index in [0.717, 1.165) is 0 Å². The molecule has 1 rings (SSSR count). The Balaban J connectivity index is 2.39. The fourth-order valence-electron chi connectivity index (χ4n) is 1.14. The summed E-state index contributed by atoms with van der Waals surface area (Å²) >= 11 is 5.84. The number of nitrogens with one attached hydrogen (secondary N) is 1. The number of aromatic nitrogens is 2. The quantitative estimate of drug-likeness (QED) is 0.678. The molecule has 0 saturated carbocycles. The normalized spacial score (nSPS) is 12.4. The first-order chi connectivity index (χ1) is 7.63. The van der Waals surface area contributed by atoms with Gasteiger partial charge in [0.1, 0.15) is 10.8 Å². The summed E-state index contributed by atoms with van der Waals surface area (Å²) in [6.07, 6.45) is 1.46. The molecule has 6 nitrogen and oxygen atoms in total. The molecule has 1 aromatic rings. The maximum Gasteiger partial charge on any atom is 0.222 e. The topological polar surface area (TPSA) is 93.3 Å². The van der Waals surface area contributed by atoms with Crippen LogP contribution in [-0.4, -0.2) is 41.4 Å². The highest BCUT2D eigenvalue weighted by Crippen LogP contribution is 2.18. The van der Waals surface area contributed by atoms with E-state index < -0.39 is 6.10 Å². The van der Waals surface area contributed by atoms with Gasteiger partial charge in [0.05, 0.1) is 18.9 Å². The molecule has 0 amide bonds. The van der Waals surface area contributed by atoms with Crippen molar-refractivity contribution < 1.29 is 9.84 Å². The second kappa shape index (κ2) is 6.47. The molecule has 0 bridgehead atoms. The third-order valence-electron chi connectivity index (χ3n) is 1.89. The minimum absolute atomic E-state index is 0.157. The Morgan fingerprint density at radius 3 is 3.12 bits per heavy atom. The number of nitrogens with zero attached hydrogens (tertiary/aromatic N) is 2. The largest absolute Gasteiger partial charge is 0.391 e. The molecule has 1 atom stereocenters. The second-order valence-electron chi connectivity index (χ2n) is 3.25.